The lowest BCUT2D eigenvalue weighted by molar-refractivity contribution is -0.135. The number of nitrogens with zero attached hydrogens (tertiary/aromatic N) is 3. The predicted octanol–water partition coefficient (Wildman–Crippen LogP) is 2.59. The van der Waals surface area contributed by atoms with Gasteiger partial charge in [-0.15, -0.1) is 0 Å². The number of aromatic nitrogens is 2. The number of morpholine rings is 1. The van der Waals surface area contributed by atoms with Gasteiger partial charge in [-0.05, 0) is 25.5 Å². The highest BCUT2D eigenvalue weighted by molar-refractivity contribution is 5.92. The largest absolute Gasteiger partial charge is 0.474 e. The summed E-state index contributed by atoms with van der Waals surface area (Å²) in [6.07, 6.45) is 4.14. The Morgan fingerprint density at radius 3 is 3.08 bits per heavy atom. The Morgan fingerprint density at radius 2 is 2.24 bits per heavy atom. The van der Waals surface area contributed by atoms with Crippen LogP contribution in [0, 0.1) is 0 Å². The van der Waals surface area contributed by atoms with Crippen molar-refractivity contribution in [2.24, 2.45) is 0 Å². The standard InChI is InChI=1S/C19H23N3O3/c1-3-6-14(2)19(23)22-9-10-24-15(11-22)12-25-18-16-7-4-5-8-17(16)20-13-21-18/h4-8,13,15H,3,9-12H2,1-2H3. The molecule has 0 radical (unpaired) electrons. The van der Waals surface area contributed by atoms with Crippen LogP contribution in [-0.4, -0.2) is 53.2 Å². The molecule has 0 saturated carbocycles. The van der Waals surface area contributed by atoms with Gasteiger partial charge < -0.3 is 14.4 Å². The van der Waals surface area contributed by atoms with Crippen molar-refractivity contribution in [3.63, 3.8) is 0 Å². The van der Waals surface area contributed by atoms with Crippen LogP contribution in [0.15, 0.2) is 42.2 Å². The van der Waals surface area contributed by atoms with Gasteiger partial charge >= 0.3 is 0 Å². The van der Waals surface area contributed by atoms with E-state index in [0.717, 1.165) is 22.9 Å². The minimum atomic E-state index is -0.166. The van der Waals surface area contributed by atoms with Crippen LogP contribution in [0.2, 0.25) is 0 Å². The molecule has 0 spiro atoms. The van der Waals surface area contributed by atoms with E-state index in [2.05, 4.69) is 9.97 Å². The molecule has 1 saturated heterocycles. The minimum absolute atomic E-state index is 0.0719. The van der Waals surface area contributed by atoms with E-state index in [9.17, 15) is 4.79 Å². The highest BCUT2D eigenvalue weighted by atomic mass is 16.5. The molecule has 6 heteroatoms. The maximum atomic E-state index is 12.4. The van der Waals surface area contributed by atoms with E-state index in [1.54, 1.807) is 0 Å². The SMILES string of the molecule is CCC=C(C)C(=O)N1CCOC(COc2ncnc3ccccc23)C1. The fourth-order valence-electron chi connectivity index (χ4n) is 2.91. The molecule has 3 rings (SSSR count). The molecule has 0 bridgehead atoms. The monoisotopic (exact) mass is 341 g/mol. The van der Waals surface area contributed by atoms with Gasteiger partial charge in [-0.2, -0.15) is 0 Å². The van der Waals surface area contributed by atoms with Gasteiger partial charge in [0.05, 0.1) is 24.1 Å². The normalized spacial score (nSPS) is 18.4. The summed E-state index contributed by atoms with van der Waals surface area (Å²) in [6, 6.07) is 7.71. The second kappa shape index (κ2) is 8.07. The van der Waals surface area contributed by atoms with Crippen LogP contribution in [0.4, 0.5) is 0 Å². The number of hydrogen-bond donors (Lipinski definition) is 0. The van der Waals surface area contributed by atoms with Crippen LogP contribution in [0.5, 0.6) is 5.88 Å². The number of para-hydroxylation sites is 1. The van der Waals surface area contributed by atoms with Crippen LogP contribution in [-0.2, 0) is 9.53 Å². The zero-order chi connectivity index (χ0) is 17.6. The van der Waals surface area contributed by atoms with Gasteiger partial charge in [0.25, 0.3) is 0 Å². The average Bonchev–Trinajstić information content (AvgIpc) is 2.66. The topological polar surface area (TPSA) is 64.6 Å². The van der Waals surface area contributed by atoms with Gasteiger partial charge in [-0.3, -0.25) is 4.79 Å². The van der Waals surface area contributed by atoms with Gasteiger partial charge in [0.2, 0.25) is 11.8 Å². The lowest BCUT2D eigenvalue weighted by Crippen LogP contribution is -2.47. The molecule has 1 aromatic carbocycles. The zero-order valence-corrected chi connectivity index (χ0v) is 14.6. The van der Waals surface area contributed by atoms with Crippen molar-refractivity contribution >= 4 is 16.8 Å². The number of carbonyl (C=O) groups is 1. The molecule has 2 heterocycles. The third-order valence-electron chi connectivity index (χ3n) is 4.19. The van der Waals surface area contributed by atoms with Gasteiger partial charge in [-0.25, -0.2) is 9.97 Å². The van der Waals surface area contributed by atoms with E-state index in [-0.39, 0.29) is 12.0 Å². The first kappa shape index (κ1) is 17.4. The predicted molar refractivity (Wildman–Crippen MR) is 95.4 cm³/mol. The summed E-state index contributed by atoms with van der Waals surface area (Å²) >= 11 is 0. The van der Waals surface area contributed by atoms with Crippen molar-refractivity contribution < 1.29 is 14.3 Å². The molecular formula is C19H23N3O3. The van der Waals surface area contributed by atoms with Crippen molar-refractivity contribution in [3.05, 3.63) is 42.2 Å². The van der Waals surface area contributed by atoms with Crippen LogP contribution in [0.3, 0.4) is 0 Å². The molecule has 1 unspecified atom stereocenters. The molecule has 1 fully saturated rings. The lowest BCUT2D eigenvalue weighted by Gasteiger charge is -2.33. The Balaban J connectivity index is 1.63. The highest BCUT2D eigenvalue weighted by Gasteiger charge is 2.25. The molecular weight excluding hydrogens is 318 g/mol. The first-order valence-corrected chi connectivity index (χ1v) is 8.59. The summed E-state index contributed by atoms with van der Waals surface area (Å²) in [4.78, 5) is 22.7. The van der Waals surface area contributed by atoms with E-state index in [0.29, 0.717) is 32.2 Å². The minimum Gasteiger partial charge on any atom is -0.474 e. The number of amides is 1. The second-order valence-corrected chi connectivity index (χ2v) is 6.05. The number of carbonyl (C=O) groups excluding carboxylic acids is 1. The number of allylic oxidation sites excluding steroid dienone is 1. The molecule has 0 aliphatic carbocycles. The fraction of sp³-hybridized carbons (Fsp3) is 0.421. The van der Waals surface area contributed by atoms with E-state index in [1.807, 2.05) is 49.1 Å². The summed E-state index contributed by atoms with van der Waals surface area (Å²) < 4.78 is 11.6. The molecule has 1 aliphatic rings. The Bertz CT molecular complexity index is 770. The molecule has 0 N–H and O–H groups in total. The number of ether oxygens (including phenoxy) is 2. The summed E-state index contributed by atoms with van der Waals surface area (Å²) in [5, 5.41) is 0.871. The summed E-state index contributed by atoms with van der Waals surface area (Å²) in [5.74, 6) is 0.613. The summed E-state index contributed by atoms with van der Waals surface area (Å²) in [7, 11) is 0. The van der Waals surface area contributed by atoms with E-state index in [1.165, 1.54) is 6.33 Å². The van der Waals surface area contributed by atoms with Crippen molar-refractivity contribution in [1.29, 1.82) is 0 Å². The van der Waals surface area contributed by atoms with Gasteiger partial charge in [0, 0.05) is 12.1 Å². The van der Waals surface area contributed by atoms with Crippen LogP contribution in [0.1, 0.15) is 20.3 Å². The van der Waals surface area contributed by atoms with E-state index in [4.69, 9.17) is 9.47 Å². The second-order valence-electron chi connectivity index (χ2n) is 6.05. The Hall–Kier alpha value is -2.47. The number of rotatable bonds is 5. The van der Waals surface area contributed by atoms with Crippen LogP contribution >= 0.6 is 0 Å². The van der Waals surface area contributed by atoms with Gasteiger partial charge in [0.15, 0.2) is 0 Å². The molecule has 2 aromatic rings. The van der Waals surface area contributed by atoms with Gasteiger partial charge in [0.1, 0.15) is 19.0 Å². The molecule has 6 nitrogen and oxygen atoms in total. The quantitative estimate of drug-likeness (QED) is 0.782. The third-order valence-corrected chi connectivity index (χ3v) is 4.19. The van der Waals surface area contributed by atoms with E-state index < -0.39 is 0 Å². The number of benzene rings is 1. The van der Waals surface area contributed by atoms with Crippen molar-refractivity contribution in [1.82, 2.24) is 14.9 Å². The molecule has 1 atom stereocenters. The van der Waals surface area contributed by atoms with Crippen LogP contribution in [0.25, 0.3) is 10.9 Å². The molecule has 25 heavy (non-hydrogen) atoms. The molecule has 1 aromatic heterocycles. The number of hydrogen-bond acceptors (Lipinski definition) is 5. The van der Waals surface area contributed by atoms with Crippen molar-refractivity contribution in [3.8, 4) is 5.88 Å². The third kappa shape index (κ3) is 4.14. The maximum Gasteiger partial charge on any atom is 0.249 e. The van der Waals surface area contributed by atoms with Gasteiger partial charge in [-0.1, -0.05) is 25.1 Å². The lowest BCUT2D eigenvalue weighted by atomic mass is 10.2. The maximum absolute atomic E-state index is 12.4. The average molecular weight is 341 g/mol. The first-order chi connectivity index (χ1) is 12.2. The number of fused-ring (bicyclic) bond motifs is 1. The molecule has 1 amide bonds. The fourth-order valence-corrected chi connectivity index (χ4v) is 2.91. The summed E-state index contributed by atoms with van der Waals surface area (Å²) in [6.45, 7) is 5.89. The first-order valence-electron chi connectivity index (χ1n) is 8.59. The van der Waals surface area contributed by atoms with Crippen molar-refractivity contribution in [2.45, 2.75) is 26.4 Å². The molecule has 1 aliphatic heterocycles. The molecule has 132 valence electrons. The Labute approximate surface area is 147 Å². The zero-order valence-electron chi connectivity index (χ0n) is 14.6. The summed E-state index contributed by atoms with van der Waals surface area (Å²) in [5.41, 5.74) is 1.63. The highest BCUT2D eigenvalue weighted by Crippen LogP contribution is 2.21. The smallest absolute Gasteiger partial charge is 0.249 e. The van der Waals surface area contributed by atoms with E-state index >= 15 is 0 Å². The Morgan fingerprint density at radius 1 is 1.40 bits per heavy atom. The van der Waals surface area contributed by atoms with Crippen LogP contribution < -0.4 is 4.74 Å². The Kier molecular flexibility index (Phi) is 5.60. The van der Waals surface area contributed by atoms with Crippen molar-refractivity contribution in [2.75, 3.05) is 26.3 Å².